The number of hydrogen-bond acceptors (Lipinski definition) is 6. The zero-order chi connectivity index (χ0) is 21.0. The van der Waals surface area contributed by atoms with Gasteiger partial charge in [-0.3, -0.25) is 14.5 Å². The number of rotatable bonds is 6. The van der Waals surface area contributed by atoms with Crippen molar-refractivity contribution in [2.75, 3.05) is 26.4 Å². The topological polar surface area (TPSA) is 110 Å². The van der Waals surface area contributed by atoms with E-state index in [1.54, 1.807) is 32.8 Å². The molecule has 2 fully saturated rings. The molecular weight excluding hydrogens is 382 g/mol. The fourth-order valence-electron chi connectivity index (χ4n) is 4.65. The average Bonchev–Trinajstić information content (AvgIpc) is 3.19. The zero-order valence-corrected chi connectivity index (χ0v) is 17.7. The Morgan fingerprint density at radius 2 is 2.07 bits per heavy atom. The Balaban J connectivity index is 1.73. The van der Waals surface area contributed by atoms with E-state index in [2.05, 4.69) is 5.32 Å². The smallest absolute Gasteiger partial charge is 0.353 e. The number of fused-ring (bicyclic) bond motifs is 1. The van der Waals surface area contributed by atoms with E-state index in [9.17, 15) is 24.6 Å². The van der Waals surface area contributed by atoms with E-state index < -0.39 is 17.5 Å². The predicted molar refractivity (Wildman–Crippen MR) is 105 cm³/mol. The van der Waals surface area contributed by atoms with Gasteiger partial charge in [0.1, 0.15) is 5.70 Å². The Morgan fingerprint density at radius 3 is 2.61 bits per heavy atom. The molecule has 0 aromatic carbocycles. The third-order valence-electron chi connectivity index (χ3n) is 6.44. The standard InChI is InChI=1S/C19H29N3O5S/c1-9-14(28-8-11-6-12(20-7-11)16(24)21(4)5)13(17(25)26)22-15(9)19(3,10(2)23)18(22)27/h9-12,15,20,23H,6-8H2,1-5H3,(H,25,26)/t9-,10?,11?,12?,15+,19+/m0/s1. The number of β-lactam (4-membered cyclic amide) rings is 1. The van der Waals surface area contributed by atoms with Crippen LogP contribution in [0.5, 0.6) is 0 Å². The fourth-order valence-corrected chi connectivity index (χ4v) is 6.04. The van der Waals surface area contributed by atoms with Crippen LogP contribution in [0.15, 0.2) is 10.6 Å². The van der Waals surface area contributed by atoms with E-state index in [0.29, 0.717) is 23.6 Å². The molecule has 0 aliphatic carbocycles. The molecule has 0 saturated carbocycles. The molecular formula is C19H29N3O5S. The lowest BCUT2D eigenvalue weighted by molar-refractivity contribution is -0.181. The summed E-state index contributed by atoms with van der Waals surface area (Å²) in [7, 11) is 3.47. The number of aliphatic carboxylic acids is 1. The van der Waals surface area contributed by atoms with Crippen molar-refractivity contribution in [2.45, 2.75) is 45.4 Å². The van der Waals surface area contributed by atoms with Crippen molar-refractivity contribution in [3.8, 4) is 0 Å². The number of hydrogen-bond donors (Lipinski definition) is 3. The lowest BCUT2D eigenvalue weighted by atomic mass is 9.66. The van der Waals surface area contributed by atoms with Gasteiger partial charge in [-0.05, 0) is 32.7 Å². The molecule has 3 rings (SSSR count). The number of nitrogens with zero attached hydrogens (tertiary/aromatic N) is 2. The second-order valence-corrected chi connectivity index (χ2v) is 9.55. The van der Waals surface area contributed by atoms with Crippen LogP contribution in [-0.4, -0.2) is 82.4 Å². The van der Waals surface area contributed by atoms with Crippen LogP contribution in [0.3, 0.4) is 0 Å². The van der Waals surface area contributed by atoms with Gasteiger partial charge in [0.05, 0.1) is 23.6 Å². The third kappa shape index (κ3) is 3.04. The van der Waals surface area contributed by atoms with Crippen LogP contribution < -0.4 is 5.32 Å². The number of carbonyl (C=O) groups is 3. The van der Waals surface area contributed by atoms with Crippen molar-refractivity contribution in [3.63, 3.8) is 0 Å². The van der Waals surface area contributed by atoms with Crippen LogP contribution in [0, 0.1) is 17.3 Å². The highest BCUT2D eigenvalue weighted by Crippen LogP contribution is 2.56. The molecule has 3 aliphatic rings. The summed E-state index contributed by atoms with van der Waals surface area (Å²) >= 11 is 1.47. The molecule has 8 nitrogen and oxygen atoms in total. The van der Waals surface area contributed by atoms with E-state index in [0.717, 1.165) is 0 Å². The normalized spacial score (nSPS) is 35.6. The van der Waals surface area contributed by atoms with Gasteiger partial charge in [-0.2, -0.15) is 0 Å². The molecule has 0 aromatic heterocycles. The van der Waals surface area contributed by atoms with Gasteiger partial charge in [0.25, 0.3) is 0 Å². The monoisotopic (exact) mass is 411 g/mol. The summed E-state index contributed by atoms with van der Waals surface area (Å²) in [5.74, 6) is -0.604. The Bertz CT molecular complexity index is 737. The van der Waals surface area contributed by atoms with E-state index in [1.165, 1.54) is 16.7 Å². The molecule has 156 valence electrons. The maximum atomic E-state index is 12.7. The lowest BCUT2D eigenvalue weighted by Gasteiger charge is -2.54. The van der Waals surface area contributed by atoms with Gasteiger partial charge in [0.2, 0.25) is 11.8 Å². The largest absolute Gasteiger partial charge is 0.477 e. The number of carboxylic acids is 1. The molecule has 0 bridgehead atoms. The molecule has 28 heavy (non-hydrogen) atoms. The van der Waals surface area contributed by atoms with Crippen molar-refractivity contribution in [1.29, 1.82) is 0 Å². The minimum atomic E-state index is -1.11. The Morgan fingerprint density at radius 1 is 1.43 bits per heavy atom. The highest BCUT2D eigenvalue weighted by molar-refractivity contribution is 8.03. The number of likely N-dealkylation sites (N-methyl/N-ethyl adjacent to an activating group) is 1. The quantitative estimate of drug-likeness (QED) is 0.540. The minimum absolute atomic E-state index is 0.0506. The molecule has 0 spiro atoms. The van der Waals surface area contributed by atoms with Gasteiger partial charge < -0.3 is 20.4 Å². The number of thioether (sulfide) groups is 1. The number of nitrogens with one attached hydrogen (secondary N) is 1. The first-order chi connectivity index (χ1) is 13.0. The molecule has 2 saturated heterocycles. The molecule has 3 unspecified atom stereocenters. The summed E-state index contributed by atoms with van der Waals surface area (Å²) < 4.78 is 0. The van der Waals surface area contributed by atoms with Crippen LogP contribution >= 0.6 is 11.8 Å². The number of carbonyl (C=O) groups excluding carboxylic acids is 2. The van der Waals surface area contributed by atoms with Crippen molar-refractivity contribution in [1.82, 2.24) is 15.1 Å². The van der Waals surface area contributed by atoms with Crippen LogP contribution in [0.1, 0.15) is 27.2 Å². The summed E-state index contributed by atoms with van der Waals surface area (Å²) in [6.45, 7) is 5.93. The SMILES string of the molecule is CC(O)[C@@]1(C)C(=O)N2C(C(=O)O)=C(SCC3CNC(C(=O)N(C)C)C3)[C@H](C)[C@@H]21. The molecule has 0 aromatic rings. The zero-order valence-electron chi connectivity index (χ0n) is 16.9. The number of carboxylic acid groups (broad SMARTS) is 1. The first kappa shape index (κ1) is 21.1. The summed E-state index contributed by atoms with van der Waals surface area (Å²) in [5, 5.41) is 23.1. The number of aliphatic hydroxyl groups is 1. The highest BCUT2D eigenvalue weighted by atomic mass is 32.2. The molecule has 3 heterocycles. The summed E-state index contributed by atoms with van der Waals surface area (Å²) in [6, 6.07) is -0.534. The Labute approximate surface area is 169 Å². The summed E-state index contributed by atoms with van der Waals surface area (Å²) in [5.41, 5.74) is -0.905. The van der Waals surface area contributed by atoms with Crippen molar-refractivity contribution in [2.24, 2.45) is 17.3 Å². The molecule has 3 aliphatic heterocycles. The molecule has 3 N–H and O–H groups in total. The van der Waals surface area contributed by atoms with Gasteiger partial charge in [-0.15, -0.1) is 11.8 Å². The first-order valence-electron chi connectivity index (χ1n) is 9.58. The summed E-state index contributed by atoms with van der Waals surface area (Å²) in [6.07, 6.45) is -0.133. The van der Waals surface area contributed by atoms with Crippen LogP contribution in [0.2, 0.25) is 0 Å². The lowest BCUT2D eigenvalue weighted by Crippen LogP contribution is -2.70. The molecule has 0 radical (unpaired) electrons. The first-order valence-corrected chi connectivity index (χ1v) is 10.6. The Kier molecular flexibility index (Phi) is 5.55. The maximum Gasteiger partial charge on any atom is 0.353 e. The van der Waals surface area contributed by atoms with Crippen LogP contribution in [-0.2, 0) is 14.4 Å². The van der Waals surface area contributed by atoms with Gasteiger partial charge in [0, 0.05) is 30.7 Å². The summed E-state index contributed by atoms with van der Waals surface area (Å²) in [4.78, 5) is 40.3. The van der Waals surface area contributed by atoms with Crippen molar-refractivity contribution >= 4 is 29.5 Å². The van der Waals surface area contributed by atoms with E-state index >= 15 is 0 Å². The average molecular weight is 412 g/mol. The minimum Gasteiger partial charge on any atom is -0.477 e. The number of amides is 2. The van der Waals surface area contributed by atoms with E-state index in [1.807, 2.05) is 6.92 Å². The maximum absolute atomic E-state index is 12.7. The van der Waals surface area contributed by atoms with Gasteiger partial charge in [-0.25, -0.2) is 4.79 Å². The van der Waals surface area contributed by atoms with Gasteiger partial charge in [0.15, 0.2) is 0 Å². The molecule has 6 atom stereocenters. The number of aliphatic hydroxyl groups excluding tert-OH is 1. The third-order valence-corrected chi connectivity index (χ3v) is 7.95. The van der Waals surface area contributed by atoms with Crippen LogP contribution in [0.4, 0.5) is 0 Å². The second-order valence-electron chi connectivity index (χ2n) is 8.49. The van der Waals surface area contributed by atoms with Gasteiger partial charge in [-0.1, -0.05) is 6.92 Å². The van der Waals surface area contributed by atoms with E-state index in [-0.39, 0.29) is 41.4 Å². The highest BCUT2D eigenvalue weighted by Gasteiger charge is 2.67. The molecule has 2 amide bonds. The van der Waals surface area contributed by atoms with Gasteiger partial charge >= 0.3 is 5.97 Å². The Hall–Kier alpha value is -1.58. The van der Waals surface area contributed by atoms with E-state index in [4.69, 9.17) is 0 Å². The van der Waals surface area contributed by atoms with Crippen molar-refractivity contribution in [3.05, 3.63) is 10.6 Å². The fraction of sp³-hybridized carbons (Fsp3) is 0.737. The second kappa shape index (κ2) is 7.35. The molecule has 9 heteroatoms. The van der Waals surface area contributed by atoms with Crippen molar-refractivity contribution < 1.29 is 24.6 Å². The predicted octanol–water partition coefficient (Wildman–Crippen LogP) is 0.330. The van der Waals surface area contributed by atoms with Crippen LogP contribution in [0.25, 0.3) is 0 Å².